The van der Waals surface area contributed by atoms with Crippen molar-refractivity contribution in [1.29, 1.82) is 0 Å². The molecular formula is C21H17N3O6S. The number of thioether (sulfide) groups is 1. The van der Waals surface area contributed by atoms with Gasteiger partial charge in [-0.2, -0.15) is 0 Å². The predicted octanol–water partition coefficient (Wildman–Crippen LogP) is 3.92. The van der Waals surface area contributed by atoms with E-state index in [1.54, 1.807) is 13.0 Å². The molecule has 3 amide bonds. The molecule has 31 heavy (non-hydrogen) atoms. The molecule has 1 saturated heterocycles. The van der Waals surface area contributed by atoms with E-state index in [-0.39, 0.29) is 16.3 Å². The van der Waals surface area contributed by atoms with Crippen LogP contribution < -0.4 is 5.32 Å². The molecule has 2 N–H and O–H groups in total. The molecule has 2 aromatic rings. The predicted molar refractivity (Wildman–Crippen MR) is 116 cm³/mol. The third kappa shape index (κ3) is 5.37. The maximum Gasteiger partial charge on any atom is 0.294 e. The van der Waals surface area contributed by atoms with Crippen LogP contribution in [0.5, 0.6) is 5.75 Å². The molecule has 2 aromatic carbocycles. The van der Waals surface area contributed by atoms with Crippen LogP contribution in [-0.4, -0.2) is 38.5 Å². The van der Waals surface area contributed by atoms with Crippen LogP contribution in [0, 0.1) is 10.1 Å². The van der Waals surface area contributed by atoms with Crippen LogP contribution in [-0.2, 0) is 9.59 Å². The molecule has 0 radical (unpaired) electrons. The van der Waals surface area contributed by atoms with E-state index in [0.29, 0.717) is 0 Å². The van der Waals surface area contributed by atoms with E-state index in [0.717, 1.165) is 46.0 Å². The van der Waals surface area contributed by atoms with E-state index >= 15 is 0 Å². The number of nitro groups is 1. The second-order valence-electron chi connectivity index (χ2n) is 6.57. The number of anilines is 1. The molecule has 158 valence electrons. The number of hydrogen-bond acceptors (Lipinski definition) is 7. The normalized spacial score (nSPS) is 15.5. The molecule has 0 saturated carbocycles. The highest BCUT2D eigenvalue weighted by atomic mass is 32.2. The number of phenolic OH excluding ortho intramolecular Hbond substituents is 1. The highest BCUT2D eigenvalue weighted by Gasteiger charge is 2.36. The topological polar surface area (TPSA) is 130 Å². The van der Waals surface area contributed by atoms with Crippen molar-refractivity contribution in [1.82, 2.24) is 4.90 Å². The molecule has 0 spiro atoms. The Labute approximate surface area is 181 Å². The summed E-state index contributed by atoms with van der Waals surface area (Å²) in [5, 5.41) is 22.3. The number of nitro benzene ring substituents is 1. The number of carbonyl (C=O) groups excluding carboxylic acids is 3. The zero-order chi connectivity index (χ0) is 22.5. The maximum absolute atomic E-state index is 12.6. The van der Waals surface area contributed by atoms with Crippen molar-refractivity contribution >= 4 is 46.3 Å². The quantitative estimate of drug-likeness (QED) is 0.302. The lowest BCUT2D eigenvalue weighted by Crippen LogP contribution is -2.36. The minimum absolute atomic E-state index is 0.0697. The Hall–Kier alpha value is -3.92. The third-order valence-electron chi connectivity index (χ3n) is 4.19. The lowest BCUT2D eigenvalue weighted by molar-refractivity contribution is -0.384. The zero-order valence-corrected chi connectivity index (χ0v) is 17.1. The number of amides is 3. The van der Waals surface area contributed by atoms with Gasteiger partial charge in [-0.15, -0.1) is 0 Å². The second-order valence-corrected chi connectivity index (χ2v) is 7.57. The minimum atomic E-state index is -0.732. The number of hydrogen-bond donors (Lipinski definition) is 2. The Morgan fingerprint density at radius 1 is 1.23 bits per heavy atom. The lowest BCUT2D eigenvalue weighted by atomic mass is 10.1. The van der Waals surface area contributed by atoms with E-state index in [1.807, 2.05) is 36.4 Å². The van der Waals surface area contributed by atoms with Crippen molar-refractivity contribution in [3.05, 3.63) is 80.8 Å². The Morgan fingerprint density at radius 2 is 1.94 bits per heavy atom. The van der Waals surface area contributed by atoms with Crippen molar-refractivity contribution in [2.75, 3.05) is 11.9 Å². The van der Waals surface area contributed by atoms with Gasteiger partial charge in [-0.3, -0.25) is 29.4 Å². The summed E-state index contributed by atoms with van der Waals surface area (Å²) >= 11 is 0.731. The van der Waals surface area contributed by atoms with Crippen LogP contribution in [0.15, 0.2) is 65.1 Å². The number of nitrogens with zero attached hydrogens (tertiary/aromatic N) is 2. The number of nitrogens with one attached hydrogen (secondary N) is 1. The van der Waals surface area contributed by atoms with Gasteiger partial charge in [0.1, 0.15) is 12.3 Å². The van der Waals surface area contributed by atoms with E-state index in [4.69, 9.17) is 0 Å². The largest absolute Gasteiger partial charge is 0.506 e. The van der Waals surface area contributed by atoms with Crippen molar-refractivity contribution in [3.8, 4) is 5.75 Å². The van der Waals surface area contributed by atoms with Gasteiger partial charge >= 0.3 is 0 Å². The van der Waals surface area contributed by atoms with Crippen LogP contribution in [0.1, 0.15) is 12.5 Å². The van der Waals surface area contributed by atoms with Gasteiger partial charge in [0.15, 0.2) is 0 Å². The number of rotatable bonds is 6. The van der Waals surface area contributed by atoms with E-state index in [9.17, 15) is 29.6 Å². The smallest absolute Gasteiger partial charge is 0.294 e. The van der Waals surface area contributed by atoms with Gasteiger partial charge in [0, 0.05) is 6.07 Å². The summed E-state index contributed by atoms with van der Waals surface area (Å²) in [4.78, 5) is 48.0. The molecule has 1 fully saturated rings. The average Bonchev–Trinajstić information content (AvgIpc) is 2.97. The number of allylic oxidation sites excluding steroid dienone is 2. The first-order valence-corrected chi connectivity index (χ1v) is 9.82. The summed E-state index contributed by atoms with van der Waals surface area (Å²) in [6, 6.07) is 12.6. The molecule has 10 heteroatoms. The fourth-order valence-electron chi connectivity index (χ4n) is 2.77. The third-order valence-corrected chi connectivity index (χ3v) is 5.10. The summed E-state index contributed by atoms with van der Waals surface area (Å²) < 4.78 is 0. The van der Waals surface area contributed by atoms with Crippen LogP contribution in [0.3, 0.4) is 0 Å². The number of aromatic hydroxyl groups is 1. The fourth-order valence-corrected chi connectivity index (χ4v) is 3.66. The fraction of sp³-hybridized carbons (Fsp3) is 0.0952. The molecular weight excluding hydrogens is 422 g/mol. The first-order chi connectivity index (χ1) is 14.7. The number of imide groups is 1. The standard InChI is InChI=1S/C21H17N3O6S/c1-13(9-14-5-3-2-4-6-14)10-18-20(27)23(21(28)31-18)12-19(26)22-16-8-7-15(24(29)30)11-17(16)25/h2-11,25H,12H2,1H3,(H,22,26)/b13-9+,18-10-. The average molecular weight is 439 g/mol. The molecule has 1 aliphatic rings. The summed E-state index contributed by atoms with van der Waals surface area (Å²) in [5.74, 6) is -1.83. The van der Waals surface area contributed by atoms with Crippen molar-refractivity contribution < 1.29 is 24.4 Å². The van der Waals surface area contributed by atoms with Crippen molar-refractivity contribution in [2.45, 2.75) is 6.92 Å². The number of non-ortho nitro benzene ring substituents is 1. The van der Waals surface area contributed by atoms with Crippen LogP contribution >= 0.6 is 11.8 Å². The summed E-state index contributed by atoms with van der Waals surface area (Å²) in [6.45, 7) is 1.24. The van der Waals surface area contributed by atoms with Gasteiger partial charge in [0.05, 0.1) is 21.6 Å². The van der Waals surface area contributed by atoms with Crippen molar-refractivity contribution in [2.24, 2.45) is 0 Å². The summed E-state index contributed by atoms with van der Waals surface area (Å²) in [6.07, 6.45) is 3.44. The Balaban J connectivity index is 1.68. The molecule has 0 atom stereocenters. The Bertz CT molecular complexity index is 1130. The van der Waals surface area contributed by atoms with E-state index in [2.05, 4.69) is 5.32 Å². The molecule has 0 aromatic heterocycles. The second kappa shape index (κ2) is 9.26. The van der Waals surface area contributed by atoms with Crippen LogP contribution in [0.4, 0.5) is 16.2 Å². The van der Waals surface area contributed by atoms with E-state index < -0.39 is 34.3 Å². The van der Waals surface area contributed by atoms with Gasteiger partial charge < -0.3 is 10.4 Å². The first kappa shape index (κ1) is 21.8. The first-order valence-electron chi connectivity index (χ1n) is 9.00. The van der Waals surface area contributed by atoms with Gasteiger partial charge in [-0.1, -0.05) is 36.4 Å². The highest BCUT2D eigenvalue weighted by molar-refractivity contribution is 8.18. The van der Waals surface area contributed by atoms with Crippen LogP contribution in [0.2, 0.25) is 0 Å². The summed E-state index contributed by atoms with van der Waals surface area (Å²) in [7, 11) is 0. The molecule has 1 heterocycles. The van der Waals surface area contributed by atoms with Gasteiger partial charge in [-0.05, 0) is 42.0 Å². The Morgan fingerprint density at radius 3 is 2.58 bits per heavy atom. The molecule has 0 aliphatic carbocycles. The molecule has 0 bridgehead atoms. The van der Waals surface area contributed by atoms with E-state index in [1.165, 1.54) is 0 Å². The zero-order valence-electron chi connectivity index (χ0n) is 16.3. The monoisotopic (exact) mass is 439 g/mol. The molecule has 0 unspecified atom stereocenters. The minimum Gasteiger partial charge on any atom is -0.506 e. The molecule has 1 aliphatic heterocycles. The Kier molecular flexibility index (Phi) is 6.51. The lowest BCUT2D eigenvalue weighted by Gasteiger charge is -2.13. The van der Waals surface area contributed by atoms with Gasteiger partial charge in [0.25, 0.3) is 16.8 Å². The molecule has 9 nitrogen and oxygen atoms in total. The van der Waals surface area contributed by atoms with Gasteiger partial charge in [0.2, 0.25) is 5.91 Å². The van der Waals surface area contributed by atoms with Gasteiger partial charge in [-0.25, -0.2) is 0 Å². The molecule has 3 rings (SSSR count). The highest BCUT2D eigenvalue weighted by Crippen LogP contribution is 2.32. The van der Waals surface area contributed by atoms with Crippen LogP contribution in [0.25, 0.3) is 6.08 Å². The van der Waals surface area contributed by atoms with Crippen molar-refractivity contribution in [3.63, 3.8) is 0 Å². The number of phenols is 1. The maximum atomic E-state index is 12.6. The number of benzene rings is 2. The summed E-state index contributed by atoms with van der Waals surface area (Å²) in [5.41, 5.74) is 1.29. The SMILES string of the molecule is CC(/C=C1\SC(=O)N(CC(=O)Nc2ccc([N+](=O)[O-])cc2O)C1=O)=C\c1ccccc1. The number of carbonyl (C=O) groups is 3.